The molecule has 13 heavy (non-hydrogen) atoms. The highest BCUT2D eigenvalue weighted by Gasteiger charge is 2.12. The maximum Gasteiger partial charge on any atom is 0.126 e. The average Bonchev–Trinajstić information content (AvgIpc) is 2.13. The molecule has 3 heteroatoms. The van der Waals surface area contributed by atoms with Crippen molar-refractivity contribution in [2.75, 3.05) is 0 Å². The maximum atomic E-state index is 9.64. The van der Waals surface area contributed by atoms with Crippen molar-refractivity contribution in [3.63, 3.8) is 0 Å². The molecular weight excluding hydrogens is 166 g/mol. The van der Waals surface area contributed by atoms with E-state index in [1.807, 2.05) is 6.92 Å². The Kier molecular flexibility index (Phi) is 2.78. The Morgan fingerprint density at radius 3 is 2.54 bits per heavy atom. The Labute approximate surface area is 77.8 Å². The summed E-state index contributed by atoms with van der Waals surface area (Å²) < 4.78 is 0. The lowest BCUT2D eigenvalue weighted by Gasteiger charge is -2.13. The second-order valence-corrected chi connectivity index (χ2v) is 3.16. The van der Waals surface area contributed by atoms with Crippen LogP contribution >= 0.6 is 0 Å². The summed E-state index contributed by atoms with van der Waals surface area (Å²) in [6.45, 7) is 3.61. The monoisotopic (exact) mass is 181 g/mol. The van der Waals surface area contributed by atoms with Gasteiger partial charge in [0, 0.05) is 17.2 Å². The average molecular weight is 181 g/mol. The van der Waals surface area contributed by atoms with Crippen LogP contribution in [0.15, 0.2) is 12.1 Å². The second-order valence-electron chi connectivity index (χ2n) is 3.16. The summed E-state index contributed by atoms with van der Waals surface area (Å²) in [5, 5.41) is 18.9. The molecule has 1 rings (SSSR count). The summed E-state index contributed by atoms with van der Waals surface area (Å²) in [5.74, 6) is 0.207. The van der Waals surface area contributed by atoms with Crippen molar-refractivity contribution in [3.05, 3.63) is 23.3 Å². The minimum atomic E-state index is -0.167. The minimum Gasteiger partial charge on any atom is -0.508 e. The van der Waals surface area contributed by atoms with Crippen LogP contribution in [0.4, 0.5) is 0 Å². The number of aromatic hydroxyl groups is 2. The number of benzene rings is 1. The van der Waals surface area contributed by atoms with Gasteiger partial charge in [-0.2, -0.15) is 0 Å². The molecule has 0 bridgehead atoms. The van der Waals surface area contributed by atoms with Crippen molar-refractivity contribution in [1.82, 2.24) is 0 Å². The molecule has 0 heterocycles. The highest BCUT2D eigenvalue weighted by molar-refractivity contribution is 5.48. The molecule has 0 amide bonds. The lowest BCUT2D eigenvalue weighted by Crippen LogP contribution is -2.09. The van der Waals surface area contributed by atoms with E-state index in [4.69, 9.17) is 5.73 Å². The third-order valence-electron chi connectivity index (χ3n) is 2.27. The summed E-state index contributed by atoms with van der Waals surface area (Å²) in [4.78, 5) is 0. The fourth-order valence-electron chi connectivity index (χ4n) is 1.23. The number of phenols is 2. The number of rotatable bonds is 2. The zero-order chi connectivity index (χ0) is 10.0. The van der Waals surface area contributed by atoms with Gasteiger partial charge in [0.05, 0.1) is 0 Å². The molecule has 1 atom stereocenters. The van der Waals surface area contributed by atoms with Crippen molar-refractivity contribution in [2.24, 2.45) is 5.73 Å². The number of hydrogen-bond acceptors (Lipinski definition) is 3. The predicted molar refractivity (Wildman–Crippen MR) is 51.7 cm³/mol. The van der Waals surface area contributed by atoms with Crippen LogP contribution in [-0.2, 0) is 0 Å². The van der Waals surface area contributed by atoms with Crippen LogP contribution in [0.5, 0.6) is 11.5 Å². The van der Waals surface area contributed by atoms with Gasteiger partial charge in [0.1, 0.15) is 11.5 Å². The van der Waals surface area contributed by atoms with Gasteiger partial charge >= 0.3 is 0 Å². The Morgan fingerprint density at radius 1 is 1.38 bits per heavy atom. The van der Waals surface area contributed by atoms with E-state index in [9.17, 15) is 10.2 Å². The molecule has 0 fully saturated rings. The Hall–Kier alpha value is -1.22. The topological polar surface area (TPSA) is 66.5 Å². The minimum absolute atomic E-state index is 0.101. The first-order valence-electron chi connectivity index (χ1n) is 4.35. The molecule has 0 aliphatic heterocycles. The largest absolute Gasteiger partial charge is 0.508 e. The van der Waals surface area contributed by atoms with E-state index >= 15 is 0 Å². The summed E-state index contributed by atoms with van der Waals surface area (Å²) in [6, 6.07) is 3.05. The van der Waals surface area contributed by atoms with Crippen molar-refractivity contribution in [3.8, 4) is 11.5 Å². The molecule has 0 aliphatic carbocycles. The van der Waals surface area contributed by atoms with Crippen molar-refractivity contribution < 1.29 is 10.2 Å². The Morgan fingerprint density at radius 2 is 2.00 bits per heavy atom. The molecule has 3 nitrogen and oxygen atoms in total. The van der Waals surface area contributed by atoms with Gasteiger partial charge in [0.25, 0.3) is 0 Å². The van der Waals surface area contributed by atoms with Crippen LogP contribution in [0.25, 0.3) is 0 Å². The van der Waals surface area contributed by atoms with Crippen LogP contribution in [0.2, 0.25) is 0 Å². The van der Waals surface area contributed by atoms with Gasteiger partial charge in [-0.25, -0.2) is 0 Å². The fraction of sp³-hybridized carbons (Fsp3) is 0.400. The van der Waals surface area contributed by atoms with Gasteiger partial charge < -0.3 is 15.9 Å². The fourth-order valence-corrected chi connectivity index (χ4v) is 1.23. The summed E-state index contributed by atoms with van der Waals surface area (Å²) in [5.41, 5.74) is 6.95. The van der Waals surface area contributed by atoms with E-state index in [1.165, 1.54) is 0 Å². The molecule has 0 unspecified atom stereocenters. The molecule has 0 saturated heterocycles. The smallest absolute Gasteiger partial charge is 0.126 e. The van der Waals surface area contributed by atoms with Crippen LogP contribution < -0.4 is 5.73 Å². The van der Waals surface area contributed by atoms with Crippen LogP contribution in [0.1, 0.15) is 30.5 Å². The SMILES string of the molecule is CC[C@@H](N)c1ccc(O)c(C)c1O. The molecule has 0 spiro atoms. The van der Waals surface area contributed by atoms with Gasteiger partial charge in [-0.05, 0) is 19.4 Å². The first-order valence-corrected chi connectivity index (χ1v) is 4.35. The molecule has 1 aromatic carbocycles. The van der Waals surface area contributed by atoms with E-state index in [-0.39, 0.29) is 17.5 Å². The van der Waals surface area contributed by atoms with Crippen molar-refractivity contribution in [1.29, 1.82) is 0 Å². The molecule has 0 aliphatic rings. The predicted octanol–water partition coefficient (Wildman–Crippen LogP) is 1.82. The van der Waals surface area contributed by atoms with Crippen LogP contribution in [0.3, 0.4) is 0 Å². The van der Waals surface area contributed by atoms with Crippen LogP contribution in [-0.4, -0.2) is 10.2 Å². The van der Waals surface area contributed by atoms with Gasteiger partial charge in [-0.1, -0.05) is 13.0 Å². The summed E-state index contributed by atoms with van der Waals surface area (Å²) in [7, 11) is 0. The highest BCUT2D eigenvalue weighted by Crippen LogP contribution is 2.33. The molecule has 0 aromatic heterocycles. The van der Waals surface area contributed by atoms with E-state index in [0.29, 0.717) is 11.1 Å². The summed E-state index contributed by atoms with van der Waals surface area (Å²) >= 11 is 0. The first-order chi connectivity index (χ1) is 6.07. The Balaban J connectivity index is 3.18. The standard InChI is InChI=1S/C10H15NO2/c1-3-8(11)7-4-5-9(12)6(2)10(7)13/h4-5,8,12-13H,3,11H2,1-2H3/t8-/m1/s1. The van der Waals surface area contributed by atoms with E-state index in [1.54, 1.807) is 19.1 Å². The first kappa shape index (κ1) is 9.86. The Bertz CT molecular complexity index is 310. The van der Waals surface area contributed by atoms with E-state index < -0.39 is 0 Å². The molecule has 0 radical (unpaired) electrons. The number of nitrogens with two attached hydrogens (primary N) is 1. The molecule has 0 saturated carbocycles. The molecule has 1 aromatic rings. The molecule has 4 N–H and O–H groups in total. The number of hydrogen-bond donors (Lipinski definition) is 3. The maximum absolute atomic E-state index is 9.64. The highest BCUT2D eigenvalue weighted by atomic mass is 16.3. The normalized spacial score (nSPS) is 12.8. The van der Waals surface area contributed by atoms with Gasteiger partial charge in [0.15, 0.2) is 0 Å². The zero-order valence-corrected chi connectivity index (χ0v) is 7.91. The lowest BCUT2D eigenvalue weighted by atomic mass is 10.0. The third kappa shape index (κ3) is 1.75. The van der Waals surface area contributed by atoms with Crippen molar-refractivity contribution >= 4 is 0 Å². The van der Waals surface area contributed by atoms with Crippen molar-refractivity contribution in [2.45, 2.75) is 26.3 Å². The molecule has 72 valence electrons. The lowest BCUT2D eigenvalue weighted by molar-refractivity contribution is 0.434. The zero-order valence-electron chi connectivity index (χ0n) is 7.91. The van der Waals surface area contributed by atoms with Gasteiger partial charge in [0.2, 0.25) is 0 Å². The van der Waals surface area contributed by atoms with Crippen LogP contribution in [0, 0.1) is 6.92 Å². The third-order valence-corrected chi connectivity index (χ3v) is 2.27. The quantitative estimate of drug-likeness (QED) is 0.652. The van der Waals surface area contributed by atoms with Gasteiger partial charge in [-0.15, -0.1) is 0 Å². The summed E-state index contributed by atoms with van der Waals surface area (Å²) in [6.07, 6.45) is 0.762. The van der Waals surface area contributed by atoms with E-state index in [2.05, 4.69) is 0 Å². The van der Waals surface area contributed by atoms with E-state index in [0.717, 1.165) is 6.42 Å². The number of phenolic OH excluding ortho intramolecular Hbond substituents is 2. The van der Waals surface area contributed by atoms with Gasteiger partial charge in [-0.3, -0.25) is 0 Å². The molecular formula is C10H15NO2. The second kappa shape index (κ2) is 3.66.